The highest BCUT2D eigenvalue weighted by molar-refractivity contribution is 5.40. The van der Waals surface area contributed by atoms with Crippen LogP contribution in [-0.2, 0) is 6.42 Å². The van der Waals surface area contributed by atoms with Crippen LogP contribution >= 0.6 is 0 Å². The highest BCUT2D eigenvalue weighted by atomic mass is 16.5. The van der Waals surface area contributed by atoms with Gasteiger partial charge in [-0.3, -0.25) is 0 Å². The van der Waals surface area contributed by atoms with Crippen molar-refractivity contribution in [3.8, 4) is 11.5 Å². The Morgan fingerprint density at radius 2 is 1.94 bits per heavy atom. The van der Waals surface area contributed by atoms with Gasteiger partial charge in [-0.05, 0) is 49.9 Å². The summed E-state index contributed by atoms with van der Waals surface area (Å²) in [4.78, 5) is 0. The van der Waals surface area contributed by atoms with Crippen molar-refractivity contribution in [3.63, 3.8) is 0 Å². The van der Waals surface area contributed by atoms with E-state index in [0.29, 0.717) is 19.1 Å². The molecule has 17 heavy (non-hydrogen) atoms. The van der Waals surface area contributed by atoms with Crippen molar-refractivity contribution in [2.24, 2.45) is 5.92 Å². The van der Waals surface area contributed by atoms with E-state index in [0.717, 1.165) is 17.9 Å². The minimum absolute atomic E-state index is 0.436. The fraction of sp³-hybridized carbons (Fsp3) is 0.467. The molecule has 0 spiro atoms. The molecule has 0 radical (unpaired) electrons. The summed E-state index contributed by atoms with van der Waals surface area (Å²) < 4.78 is 11.1. The number of rotatable bonds is 7. The minimum Gasteiger partial charge on any atom is -0.494 e. The van der Waals surface area contributed by atoms with Gasteiger partial charge in [-0.2, -0.15) is 0 Å². The van der Waals surface area contributed by atoms with Gasteiger partial charge in [0.2, 0.25) is 0 Å². The van der Waals surface area contributed by atoms with E-state index in [1.807, 2.05) is 32.1 Å². The Kier molecular flexibility index (Phi) is 5.61. The van der Waals surface area contributed by atoms with Gasteiger partial charge in [0.25, 0.3) is 0 Å². The molecule has 0 bridgehead atoms. The summed E-state index contributed by atoms with van der Waals surface area (Å²) in [5, 5.41) is 0. The monoisotopic (exact) mass is 234 g/mol. The number of allylic oxidation sites excluding steroid dienone is 1. The second-order valence-electron chi connectivity index (χ2n) is 4.05. The van der Waals surface area contributed by atoms with Crippen molar-refractivity contribution in [1.29, 1.82) is 0 Å². The lowest BCUT2D eigenvalue weighted by Crippen LogP contribution is -2.02. The van der Waals surface area contributed by atoms with E-state index in [1.54, 1.807) is 0 Å². The first kappa shape index (κ1) is 13.6. The highest BCUT2D eigenvalue weighted by Gasteiger charge is 2.08. The van der Waals surface area contributed by atoms with Crippen LogP contribution in [0.1, 0.15) is 26.3 Å². The summed E-state index contributed by atoms with van der Waals surface area (Å²) in [5.41, 5.74) is 1.19. The van der Waals surface area contributed by atoms with Crippen molar-refractivity contribution in [2.75, 3.05) is 13.2 Å². The molecule has 0 heterocycles. The maximum atomic E-state index is 5.63. The standard InChI is InChI=1S/C15H22O2/c1-5-12(4)10-13-11-14(16-6-2)8-9-15(13)17-7-3/h5,8-9,11-12H,1,6-7,10H2,2-4H3. The van der Waals surface area contributed by atoms with Gasteiger partial charge in [0.1, 0.15) is 11.5 Å². The Morgan fingerprint density at radius 1 is 1.24 bits per heavy atom. The molecule has 94 valence electrons. The Morgan fingerprint density at radius 3 is 2.53 bits per heavy atom. The van der Waals surface area contributed by atoms with Crippen molar-refractivity contribution < 1.29 is 9.47 Å². The lowest BCUT2D eigenvalue weighted by Gasteiger charge is -2.14. The van der Waals surface area contributed by atoms with Crippen molar-refractivity contribution in [3.05, 3.63) is 36.4 Å². The first-order valence-electron chi connectivity index (χ1n) is 6.22. The average Bonchev–Trinajstić information content (AvgIpc) is 2.33. The third kappa shape index (κ3) is 4.14. The summed E-state index contributed by atoms with van der Waals surface area (Å²) in [7, 11) is 0. The number of hydrogen-bond donors (Lipinski definition) is 0. The van der Waals surface area contributed by atoms with Crippen molar-refractivity contribution in [1.82, 2.24) is 0 Å². The van der Waals surface area contributed by atoms with Crippen LogP contribution in [0.15, 0.2) is 30.9 Å². The lowest BCUT2D eigenvalue weighted by molar-refractivity contribution is 0.326. The van der Waals surface area contributed by atoms with Crippen LogP contribution in [0.4, 0.5) is 0 Å². The molecule has 0 N–H and O–H groups in total. The molecule has 0 aliphatic heterocycles. The van der Waals surface area contributed by atoms with Crippen LogP contribution in [0.5, 0.6) is 11.5 Å². The van der Waals surface area contributed by atoms with E-state index in [-0.39, 0.29) is 0 Å². The van der Waals surface area contributed by atoms with Gasteiger partial charge < -0.3 is 9.47 Å². The van der Waals surface area contributed by atoms with Gasteiger partial charge in [-0.15, -0.1) is 6.58 Å². The van der Waals surface area contributed by atoms with Crippen LogP contribution in [-0.4, -0.2) is 13.2 Å². The third-order valence-corrected chi connectivity index (χ3v) is 2.59. The molecule has 0 aliphatic carbocycles. The van der Waals surface area contributed by atoms with E-state index in [4.69, 9.17) is 9.47 Å². The molecule has 2 heteroatoms. The third-order valence-electron chi connectivity index (χ3n) is 2.59. The Labute approximate surface area is 104 Å². The van der Waals surface area contributed by atoms with Gasteiger partial charge in [0.15, 0.2) is 0 Å². The first-order valence-corrected chi connectivity index (χ1v) is 6.22. The fourth-order valence-electron chi connectivity index (χ4n) is 1.70. The summed E-state index contributed by atoms with van der Waals surface area (Å²) in [6.07, 6.45) is 2.89. The zero-order valence-corrected chi connectivity index (χ0v) is 11.0. The van der Waals surface area contributed by atoms with Gasteiger partial charge in [-0.25, -0.2) is 0 Å². The fourth-order valence-corrected chi connectivity index (χ4v) is 1.70. The highest BCUT2D eigenvalue weighted by Crippen LogP contribution is 2.27. The second kappa shape index (κ2) is 7.00. The van der Waals surface area contributed by atoms with Gasteiger partial charge >= 0.3 is 0 Å². The molecule has 2 nitrogen and oxygen atoms in total. The van der Waals surface area contributed by atoms with Gasteiger partial charge in [0, 0.05) is 0 Å². The van der Waals surface area contributed by atoms with E-state index in [2.05, 4.69) is 19.6 Å². The van der Waals surface area contributed by atoms with Crippen LogP contribution in [0.3, 0.4) is 0 Å². The van der Waals surface area contributed by atoms with E-state index in [9.17, 15) is 0 Å². The van der Waals surface area contributed by atoms with E-state index >= 15 is 0 Å². The second-order valence-corrected chi connectivity index (χ2v) is 4.05. The van der Waals surface area contributed by atoms with E-state index in [1.165, 1.54) is 5.56 Å². The molecule has 0 aromatic heterocycles. The molecule has 0 amide bonds. The van der Waals surface area contributed by atoms with Gasteiger partial charge in [-0.1, -0.05) is 13.0 Å². The van der Waals surface area contributed by atoms with Crippen molar-refractivity contribution in [2.45, 2.75) is 27.2 Å². The zero-order chi connectivity index (χ0) is 12.7. The molecule has 1 rings (SSSR count). The summed E-state index contributed by atoms with van der Waals surface area (Å²) in [6, 6.07) is 6.00. The molecule has 0 aliphatic rings. The first-order chi connectivity index (χ1) is 8.21. The summed E-state index contributed by atoms with van der Waals surface area (Å²) in [6.45, 7) is 11.3. The molecule has 0 fully saturated rings. The molecule has 0 saturated carbocycles. The predicted molar refractivity (Wildman–Crippen MR) is 71.8 cm³/mol. The normalized spacial score (nSPS) is 11.9. The van der Waals surface area contributed by atoms with Crippen LogP contribution in [0.25, 0.3) is 0 Å². The number of ether oxygens (including phenoxy) is 2. The molecule has 1 aromatic rings. The zero-order valence-electron chi connectivity index (χ0n) is 11.0. The van der Waals surface area contributed by atoms with Crippen LogP contribution in [0.2, 0.25) is 0 Å². The smallest absolute Gasteiger partial charge is 0.122 e. The number of hydrogen-bond acceptors (Lipinski definition) is 2. The average molecular weight is 234 g/mol. The predicted octanol–water partition coefficient (Wildman–Crippen LogP) is 3.85. The number of benzene rings is 1. The van der Waals surface area contributed by atoms with E-state index < -0.39 is 0 Å². The maximum Gasteiger partial charge on any atom is 0.122 e. The van der Waals surface area contributed by atoms with Crippen LogP contribution in [0, 0.1) is 5.92 Å². The Hall–Kier alpha value is -1.44. The minimum atomic E-state index is 0.436. The molecule has 0 saturated heterocycles. The largest absolute Gasteiger partial charge is 0.494 e. The Bertz CT molecular complexity index is 358. The van der Waals surface area contributed by atoms with Crippen molar-refractivity contribution >= 4 is 0 Å². The maximum absolute atomic E-state index is 5.63. The summed E-state index contributed by atoms with van der Waals surface area (Å²) >= 11 is 0. The summed E-state index contributed by atoms with van der Waals surface area (Å²) in [5.74, 6) is 2.29. The quantitative estimate of drug-likeness (QED) is 0.667. The van der Waals surface area contributed by atoms with Gasteiger partial charge in [0.05, 0.1) is 13.2 Å². The SMILES string of the molecule is C=CC(C)Cc1cc(OCC)ccc1OCC. The van der Waals surface area contributed by atoms with Crippen LogP contribution < -0.4 is 9.47 Å². The molecular weight excluding hydrogens is 212 g/mol. The lowest BCUT2D eigenvalue weighted by atomic mass is 10.0. The topological polar surface area (TPSA) is 18.5 Å². The Balaban J connectivity index is 2.93. The molecule has 1 atom stereocenters. The molecular formula is C15H22O2. The molecule has 1 aromatic carbocycles. The molecule has 1 unspecified atom stereocenters.